The van der Waals surface area contributed by atoms with Crippen LogP contribution < -0.4 is 4.74 Å². The maximum absolute atomic E-state index is 10.6. The van der Waals surface area contributed by atoms with Crippen LogP contribution in [0.25, 0.3) is 0 Å². The summed E-state index contributed by atoms with van der Waals surface area (Å²) in [4.78, 5) is 10.6. The van der Waals surface area contributed by atoms with Crippen molar-refractivity contribution < 1.29 is 14.6 Å². The molecular weight excluding hydrogens is 278 g/mol. The van der Waals surface area contributed by atoms with Crippen molar-refractivity contribution in [3.8, 4) is 5.75 Å². The second-order valence-electron chi connectivity index (χ2n) is 4.48. The fraction of sp³-hybridized carbons (Fsp3) is 0.308. The SMILES string of the molecule is Cn1c(SCC(=O)O)nnc1C1COc2ccccc21. The maximum atomic E-state index is 10.6. The van der Waals surface area contributed by atoms with Gasteiger partial charge in [-0.05, 0) is 6.07 Å². The molecule has 1 atom stereocenters. The van der Waals surface area contributed by atoms with Crippen LogP contribution in [0, 0.1) is 0 Å². The van der Waals surface area contributed by atoms with Crippen LogP contribution in [0.1, 0.15) is 17.3 Å². The van der Waals surface area contributed by atoms with Gasteiger partial charge in [-0.2, -0.15) is 0 Å². The molecule has 2 aromatic rings. The Kier molecular flexibility index (Phi) is 3.35. The molecule has 1 unspecified atom stereocenters. The van der Waals surface area contributed by atoms with E-state index < -0.39 is 5.97 Å². The van der Waals surface area contributed by atoms with E-state index in [9.17, 15) is 4.79 Å². The Hall–Kier alpha value is -2.02. The molecule has 0 bridgehead atoms. The van der Waals surface area contributed by atoms with E-state index in [-0.39, 0.29) is 11.7 Å². The van der Waals surface area contributed by atoms with Crippen LogP contribution in [0.4, 0.5) is 0 Å². The zero-order valence-electron chi connectivity index (χ0n) is 10.8. The minimum absolute atomic E-state index is 0.0241. The zero-order chi connectivity index (χ0) is 14.1. The fourth-order valence-corrected chi connectivity index (χ4v) is 2.90. The summed E-state index contributed by atoms with van der Waals surface area (Å²) in [7, 11) is 1.85. The first kappa shape index (κ1) is 13.0. The number of rotatable bonds is 4. The molecule has 7 heteroatoms. The lowest BCUT2D eigenvalue weighted by Gasteiger charge is -2.08. The second-order valence-corrected chi connectivity index (χ2v) is 5.43. The highest BCUT2D eigenvalue weighted by molar-refractivity contribution is 7.99. The van der Waals surface area contributed by atoms with Gasteiger partial charge in [0.15, 0.2) is 5.16 Å². The summed E-state index contributed by atoms with van der Waals surface area (Å²) in [6, 6.07) is 7.86. The van der Waals surface area contributed by atoms with Crippen LogP contribution in [-0.4, -0.2) is 38.2 Å². The summed E-state index contributed by atoms with van der Waals surface area (Å²) in [5.74, 6) is 0.823. The molecular formula is C13H13N3O3S. The average molecular weight is 291 g/mol. The summed E-state index contributed by atoms with van der Waals surface area (Å²) >= 11 is 1.17. The third-order valence-corrected chi connectivity index (χ3v) is 4.21. The average Bonchev–Trinajstić information content (AvgIpc) is 3.00. The summed E-state index contributed by atoms with van der Waals surface area (Å²) in [6.45, 7) is 0.537. The number of carbonyl (C=O) groups is 1. The number of aliphatic carboxylic acids is 1. The molecule has 2 heterocycles. The van der Waals surface area contributed by atoms with Gasteiger partial charge < -0.3 is 14.4 Å². The molecule has 104 valence electrons. The number of carboxylic acids is 1. The number of hydrogen-bond acceptors (Lipinski definition) is 5. The number of hydrogen-bond donors (Lipinski definition) is 1. The van der Waals surface area contributed by atoms with Gasteiger partial charge in [-0.1, -0.05) is 30.0 Å². The van der Waals surface area contributed by atoms with Gasteiger partial charge in [-0.15, -0.1) is 10.2 Å². The second kappa shape index (κ2) is 5.16. The van der Waals surface area contributed by atoms with E-state index in [0.29, 0.717) is 11.8 Å². The molecule has 0 amide bonds. The Morgan fingerprint density at radius 2 is 2.30 bits per heavy atom. The van der Waals surface area contributed by atoms with Crippen LogP contribution in [0.15, 0.2) is 29.4 Å². The highest BCUT2D eigenvalue weighted by atomic mass is 32.2. The molecule has 0 radical (unpaired) electrons. The van der Waals surface area contributed by atoms with Gasteiger partial charge in [0.05, 0.1) is 11.7 Å². The Balaban J connectivity index is 1.87. The van der Waals surface area contributed by atoms with Crippen LogP contribution in [0.3, 0.4) is 0 Å². The number of ether oxygens (including phenoxy) is 1. The first-order valence-corrected chi connectivity index (χ1v) is 7.11. The number of benzene rings is 1. The minimum Gasteiger partial charge on any atom is -0.492 e. The lowest BCUT2D eigenvalue weighted by Crippen LogP contribution is -2.10. The summed E-state index contributed by atoms with van der Waals surface area (Å²) in [6.07, 6.45) is 0. The monoisotopic (exact) mass is 291 g/mol. The molecule has 0 fully saturated rings. The Morgan fingerprint density at radius 3 is 3.10 bits per heavy atom. The Labute approximate surface area is 119 Å². The summed E-state index contributed by atoms with van der Waals surface area (Å²) in [5.41, 5.74) is 1.10. The zero-order valence-corrected chi connectivity index (χ0v) is 11.6. The van der Waals surface area contributed by atoms with E-state index in [1.807, 2.05) is 35.9 Å². The van der Waals surface area contributed by atoms with Crippen molar-refractivity contribution in [2.24, 2.45) is 7.05 Å². The van der Waals surface area contributed by atoms with Gasteiger partial charge in [-0.3, -0.25) is 4.79 Å². The van der Waals surface area contributed by atoms with E-state index in [2.05, 4.69) is 10.2 Å². The van der Waals surface area contributed by atoms with Crippen LogP contribution >= 0.6 is 11.8 Å². The van der Waals surface area contributed by atoms with E-state index in [0.717, 1.165) is 17.1 Å². The topological polar surface area (TPSA) is 77.2 Å². The summed E-state index contributed by atoms with van der Waals surface area (Å²) in [5, 5.41) is 17.6. The largest absolute Gasteiger partial charge is 0.492 e. The van der Waals surface area contributed by atoms with Gasteiger partial charge in [0, 0.05) is 12.6 Å². The number of carboxylic acid groups (broad SMARTS) is 1. The van der Waals surface area contributed by atoms with E-state index in [1.165, 1.54) is 11.8 Å². The number of fused-ring (bicyclic) bond motifs is 1. The standard InChI is InChI=1S/C13H13N3O3S/c1-16-12(14-15-13(16)20-7-11(17)18)9-6-19-10-5-3-2-4-8(9)10/h2-5,9H,6-7H2,1H3,(H,17,18). The van der Waals surface area contributed by atoms with Gasteiger partial charge in [0.1, 0.15) is 18.2 Å². The molecule has 3 rings (SSSR count). The van der Waals surface area contributed by atoms with Gasteiger partial charge >= 0.3 is 5.97 Å². The number of nitrogens with zero attached hydrogens (tertiary/aromatic N) is 3. The predicted octanol–water partition coefficient (Wildman–Crippen LogP) is 1.52. The Bertz CT molecular complexity index is 656. The highest BCUT2D eigenvalue weighted by Crippen LogP contribution is 2.37. The quantitative estimate of drug-likeness (QED) is 0.861. The molecule has 1 N–H and O–H groups in total. The third-order valence-electron chi connectivity index (χ3n) is 3.20. The van der Waals surface area contributed by atoms with E-state index in [4.69, 9.17) is 9.84 Å². The smallest absolute Gasteiger partial charge is 0.313 e. The lowest BCUT2D eigenvalue weighted by molar-refractivity contribution is -0.133. The van der Waals surface area contributed by atoms with Crippen molar-refractivity contribution in [2.75, 3.05) is 12.4 Å². The predicted molar refractivity (Wildman–Crippen MR) is 73.1 cm³/mol. The van der Waals surface area contributed by atoms with Gasteiger partial charge in [0.2, 0.25) is 0 Å². The van der Waals surface area contributed by atoms with Crippen molar-refractivity contribution in [1.29, 1.82) is 0 Å². The molecule has 20 heavy (non-hydrogen) atoms. The molecule has 6 nitrogen and oxygen atoms in total. The molecule has 0 saturated heterocycles. The molecule has 1 aromatic heterocycles. The van der Waals surface area contributed by atoms with Crippen molar-refractivity contribution in [3.05, 3.63) is 35.7 Å². The first-order chi connectivity index (χ1) is 9.66. The van der Waals surface area contributed by atoms with Crippen molar-refractivity contribution in [1.82, 2.24) is 14.8 Å². The van der Waals surface area contributed by atoms with Crippen molar-refractivity contribution >= 4 is 17.7 Å². The molecule has 1 aromatic carbocycles. The van der Waals surface area contributed by atoms with Crippen LogP contribution in [-0.2, 0) is 11.8 Å². The molecule has 0 spiro atoms. The number of aromatic nitrogens is 3. The normalized spacial score (nSPS) is 16.8. The fourth-order valence-electron chi connectivity index (χ4n) is 2.26. The molecule has 0 aliphatic carbocycles. The van der Waals surface area contributed by atoms with E-state index in [1.54, 1.807) is 0 Å². The molecule has 1 aliphatic heterocycles. The maximum Gasteiger partial charge on any atom is 0.313 e. The minimum atomic E-state index is -0.867. The van der Waals surface area contributed by atoms with Gasteiger partial charge in [0.25, 0.3) is 0 Å². The first-order valence-electron chi connectivity index (χ1n) is 6.12. The lowest BCUT2D eigenvalue weighted by atomic mass is 10.0. The third kappa shape index (κ3) is 2.24. The molecule has 0 saturated carbocycles. The van der Waals surface area contributed by atoms with Gasteiger partial charge in [-0.25, -0.2) is 0 Å². The summed E-state index contributed by atoms with van der Waals surface area (Å²) < 4.78 is 7.48. The Morgan fingerprint density at radius 1 is 1.50 bits per heavy atom. The molecule has 1 aliphatic rings. The van der Waals surface area contributed by atoms with Crippen LogP contribution in [0.5, 0.6) is 5.75 Å². The number of para-hydroxylation sites is 1. The van der Waals surface area contributed by atoms with Crippen molar-refractivity contribution in [3.63, 3.8) is 0 Å². The van der Waals surface area contributed by atoms with Crippen molar-refractivity contribution in [2.45, 2.75) is 11.1 Å². The number of thioether (sulfide) groups is 1. The highest BCUT2D eigenvalue weighted by Gasteiger charge is 2.29. The van der Waals surface area contributed by atoms with E-state index >= 15 is 0 Å². The van der Waals surface area contributed by atoms with Crippen LogP contribution in [0.2, 0.25) is 0 Å².